The molecule has 0 saturated carbocycles. The van der Waals surface area contributed by atoms with E-state index in [2.05, 4.69) is 41.8 Å². The molecular formula is C20H26N2O2S. The van der Waals surface area contributed by atoms with Crippen LogP contribution in [0.5, 0.6) is 0 Å². The molecular weight excluding hydrogens is 332 g/mol. The number of hydrogen-bond acceptors (Lipinski definition) is 4. The van der Waals surface area contributed by atoms with Gasteiger partial charge >= 0.3 is 0 Å². The third kappa shape index (κ3) is 4.22. The minimum atomic E-state index is -3.19. The van der Waals surface area contributed by atoms with Crippen molar-refractivity contribution >= 4 is 15.5 Å². The second kappa shape index (κ2) is 7.58. The predicted molar refractivity (Wildman–Crippen MR) is 103 cm³/mol. The van der Waals surface area contributed by atoms with Crippen LogP contribution in [0.25, 0.3) is 0 Å². The fraction of sp³-hybridized carbons (Fsp3) is 0.400. The maximum Gasteiger partial charge on any atom is 0.179 e. The van der Waals surface area contributed by atoms with Crippen LogP contribution in [0.1, 0.15) is 11.1 Å². The third-order valence-electron chi connectivity index (χ3n) is 5.07. The highest BCUT2D eigenvalue weighted by Crippen LogP contribution is 2.23. The zero-order valence-electron chi connectivity index (χ0n) is 15.0. The molecule has 0 aliphatic carbocycles. The first-order valence-corrected chi connectivity index (χ1v) is 10.4. The topological polar surface area (TPSA) is 40.6 Å². The van der Waals surface area contributed by atoms with Gasteiger partial charge in [-0.2, -0.15) is 0 Å². The van der Waals surface area contributed by atoms with Crippen molar-refractivity contribution in [2.45, 2.75) is 18.7 Å². The van der Waals surface area contributed by atoms with E-state index in [4.69, 9.17) is 0 Å². The molecule has 4 nitrogen and oxygen atoms in total. The Kier molecular flexibility index (Phi) is 5.45. The molecule has 1 heterocycles. The van der Waals surface area contributed by atoms with Gasteiger partial charge in [0.25, 0.3) is 0 Å². The van der Waals surface area contributed by atoms with Crippen molar-refractivity contribution in [1.29, 1.82) is 0 Å². The largest absolute Gasteiger partial charge is 0.369 e. The van der Waals surface area contributed by atoms with Crippen molar-refractivity contribution < 1.29 is 8.42 Å². The molecule has 2 aromatic rings. The molecule has 25 heavy (non-hydrogen) atoms. The van der Waals surface area contributed by atoms with E-state index < -0.39 is 9.84 Å². The van der Waals surface area contributed by atoms with Gasteiger partial charge in [0.05, 0.1) is 10.6 Å². The van der Waals surface area contributed by atoms with Crippen molar-refractivity contribution in [3.05, 3.63) is 59.7 Å². The summed E-state index contributed by atoms with van der Waals surface area (Å²) in [5.41, 5.74) is 3.95. The Morgan fingerprint density at radius 2 is 1.56 bits per heavy atom. The highest BCUT2D eigenvalue weighted by Gasteiger charge is 2.21. The van der Waals surface area contributed by atoms with Crippen LogP contribution in [0.15, 0.2) is 53.4 Å². The zero-order valence-corrected chi connectivity index (χ0v) is 15.8. The number of aryl methyl sites for hydroxylation is 1. The van der Waals surface area contributed by atoms with Crippen LogP contribution in [0, 0.1) is 13.8 Å². The number of rotatable bonds is 5. The summed E-state index contributed by atoms with van der Waals surface area (Å²) in [6.07, 6.45) is 0. The van der Waals surface area contributed by atoms with E-state index in [-0.39, 0.29) is 5.75 Å². The molecule has 1 aliphatic heterocycles. The van der Waals surface area contributed by atoms with Crippen molar-refractivity contribution in [3.8, 4) is 0 Å². The van der Waals surface area contributed by atoms with Crippen molar-refractivity contribution in [1.82, 2.24) is 4.90 Å². The number of nitrogens with zero attached hydrogens (tertiary/aromatic N) is 2. The second-order valence-corrected chi connectivity index (χ2v) is 8.79. The van der Waals surface area contributed by atoms with Crippen LogP contribution >= 0.6 is 0 Å². The third-order valence-corrected chi connectivity index (χ3v) is 6.78. The first kappa shape index (κ1) is 18.0. The zero-order chi connectivity index (χ0) is 17.9. The summed E-state index contributed by atoms with van der Waals surface area (Å²) in [7, 11) is -3.19. The first-order chi connectivity index (χ1) is 12.0. The molecule has 1 aliphatic rings. The van der Waals surface area contributed by atoms with Gasteiger partial charge in [-0.3, -0.25) is 4.90 Å². The highest BCUT2D eigenvalue weighted by molar-refractivity contribution is 7.91. The Morgan fingerprint density at radius 3 is 2.24 bits per heavy atom. The maximum atomic E-state index is 12.4. The molecule has 0 bridgehead atoms. The highest BCUT2D eigenvalue weighted by atomic mass is 32.2. The molecule has 1 saturated heterocycles. The number of hydrogen-bond donors (Lipinski definition) is 0. The van der Waals surface area contributed by atoms with E-state index in [1.807, 2.05) is 6.07 Å². The van der Waals surface area contributed by atoms with Crippen LogP contribution in [-0.2, 0) is 9.84 Å². The van der Waals surface area contributed by atoms with Gasteiger partial charge < -0.3 is 4.90 Å². The molecule has 134 valence electrons. The Hall–Kier alpha value is -1.85. The first-order valence-electron chi connectivity index (χ1n) is 8.79. The van der Waals surface area contributed by atoms with Crippen LogP contribution in [0.2, 0.25) is 0 Å². The minimum absolute atomic E-state index is 0.181. The molecule has 0 amide bonds. The van der Waals surface area contributed by atoms with Gasteiger partial charge in [0.2, 0.25) is 0 Å². The molecule has 0 atom stereocenters. The summed E-state index contributed by atoms with van der Waals surface area (Å²) >= 11 is 0. The van der Waals surface area contributed by atoms with Crippen molar-refractivity contribution in [2.24, 2.45) is 0 Å². The van der Waals surface area contributed by atoms with E-state index in [1.165, 1.54) is 16.8 Å². The Labute approximate surface area is 151 Å². The summed E-state index contributed by atoms with van der Waals surface area (Å²) in [4.78, 5) is 5.08. The molecule has 0 aromatic heterocycles. The monoisotopic (exact) mass is 358 g/mol. The normalized spacial score (nSPS) is 16.2. The lowest BCUT2D eigenvalue weighted by Gasteiger charge is -2.37. The Morgan fingerprint density at radius 1 is 0.880 bits per heavy atom. The average Bonchev–Trinajstić information content (AvgIpc) is 2.64. The molecule has 3 rings (SSSR count). The smallest absolute Gasteiger partial charge is 0.179 e. The lowest BCUT2D eigenvalue weighted by molar-refractivity contribution is 0.272. The number of benzene rings is 2. The van der Waals surface area contributed by atoms with Crippen molar-refractivity contribution in [3.63, 3.8) is 0 Å². The molecule has 0 N–H and O–H groups in total. The average molecular weight is 359 g/mol. The fourth-order valence-electron chi connectivity index (χ4n) is 3.29. The number of anilines is 1. The summed E-state index contributed by atoms with van der Waals surface area (Å²) in [6, 6.07) is 15.2. The quantitative estimate of drug-likeness (QED) is 0.824. The second-order valence-electron chi connectivity index (χ2n) is 6.68. The SMILES string of the molecule is Cc1cccc(N2CCN(CCS(=O)(=O)c3ccccc3)CC2)c1C. The number of sulfone groups is 1. The van der Waals surface area contributed by atoms with Gasteiger partial charge in [0.1, 0.15) is 0 Å². The van der Waals surface area contributed by atoms with Gasteiger partial charge in [-0.05, 0) is 43.2 Å². The predicted octanol–water partition coefficient (Wildman–Crippen LogP) is 2.90. The fourth-order valence-corrected chi connectivity index (χ4v) is 4.59. The lowest BCUT2D eigenvalue weighted by Crippen LogP contribution is -2.47. The van der Waals surface area contributed by atoms with Gasteiger partial charge in [0.15, 0.2) is 9.84 Å². The molecule has 1 fully saturated rings. The summed E-state index contributed by atoms with van der Waals surface area (Å²) in [5, 5.41) is 0. The standard InChI is InChI=1S/C20H26N2O2S/c1-17-7-6-10-20(18(17)2)22-13-11-21(12-14-22)15-16-25(23,24)19-8-4-3-5-9-19/h3-10H,11-16H2,1-2H3. The van der Waals surface area contributed by atoms with E-state index >= 15 is 0 Å². The van der Waals surface area contributed by atoms with Gasteiger partial charge in [-0.1, -0.05) is 30.3 Å². The van der Waals surface area contributed by atoms with Gasteiger partial charge in [-0.15, -0.1) is 0 Å². The Balaban J connectivity index is 1.56. The van der Waals surface area contributed by atoms with E-state index in [0.29, 0.717) is 11.4 Å². The number of piperazine rings is 1. The van der Waals surface area contributed by atoms with Crippen LogP contribution < -0.4 is 4.90 Å². The summed E-state index contributed by atoms with van der Waals surface area (Å²) in [5.74, 6) is 0.181. The molecule has 0 spiro atoms. The minimum Gasteiger partial charge on any atom is -0.369 e. The van der Waals surface area contributed by atoms with Gasteiger partial charge in [0, 0.05) is 38.4 Å². The van der Waals surface area contributed by atoms with E-state index in [1.54, 1.807) is 24.3 Å². The van der Waals surface area contributed by atoms with Gasteiger partial charge in [-0.25, -0.2) is 8.42 Å². The molecule has 5 heteroatoms. The van der Waals surface area contributed by atoms with Crippen LogP contribution in [-0.4, -0.2) is 51.8 Å². The molecule has 0 unspecified atom stereocenters. The van der Waals surface area contributed by atoms with E-state index in [9.17, 15) is 8.42 Å². The molecule has 2 aromatic carbocycles. The van der Waals surface area contributed by atoms with Crippen LogP contribution in [0.4, 0.5) is 5.69 Å². The van der Waals surface area contributed by atoms with Crippen molar-refractivity contribution in [2.75, 3.05) is 43.4 Å². The summed E-state index contributed by atoms with van der Waals surface area (Å²) in [6.45, 7) is 8.59. The summed E-state index contributed by atoms with van der Waals surface area (Å²) < 4.78 is 24.8. The van der Waals surface area contributed by atoms with Crippen LogP contribution in [0.3, 0.4) is 0 Å². The van der Waals surface area contributed by atoms with E-state index in [0.717, 1.165) is 26.2 Å². The Bertz CT molecular complexity index is 811. The molecule has 0 radical (unpaired) electrons. The maximum absolute atomic E-state index is 12.4. The lowest BCUT2D eigenvalue weighted by atomic mass is 10.1.